The van der Waals surface area contributed by atoms with E-state index in [-0.39, 0.29) is 5.54 Å². The van der Waals surface area contributed by atoms with Gasteiger partial charge in [-0.25, -0.2) is 0 Å². The highest BCUT2D eigenvalue weighted by Gasteiger charge is 2.28. The summed E-state index contributed by atoms with van der Waals surface area (Å²) >= 11 is 0. The fourth-order valence-electron chi connectivity index (χ4n) is 2.77. The molecule has 1 fully saturated rings. The van der Waals surface area contributed by atoms with Gasteiger partial charge in [0.1, 0.15) is 0 Å². The monoisotopic (exact) mass is 347 g/mol. The molecule has 1 heterocycles. The molecule has 2 rings (SSSR count). The van der Waals surface area contributed by atoms with E-state index < -0.39 is 5.91 Å². The van der Waals surface area contributed by atoms with Crippen molar-refractivity contribution < 1.29 is 9.53 Å². The molecule has 1 aromatic rings. The number of morpholine rings is 1. The summed E-state index contributed by atoms with van der Waals surface area (Å²) in [5, 5.41) is 6.68. The summed E-state index contributed by atoms with van der Waals surface area (Å²) in [4.78, 5) is 17.8. The quantitative estimate of drug-likeness (QED) is 0.517. The molecule has 0 saturated carbocycles. The molecule has 138 valence electrons. The molecule has 0 unspecified atom stereocenters. The molecule has 1 aromatic carbocycles. The van der Waals surface area contributed by atoms with Crippen molar-refractivity contribution in [3.05, 3.63) is 35.4 Å². The number of amides is 1. The Labute approximate surface area is 149 Å². The van der Waals surface area contributed by atoms with Crippen LogP contribution in [-0.2, 0) is 11.3 Å². The third-order valence-electron chi connectivity index (χ3n) is 4.48. The molecule has 25 heavy (non-hydrogen) atoms. The van der Waals surface area contributed by atoms with Gasteiger partial charge < -0.3 is 21.1 Å². The van der Waals surface area contributed by atoms with Crippen LogP contribution in [0, 0.1) is 0 Å². The van der Waals surface area contributed by atoms with Gasteiger partial charge in [-0.1, -0.05) is 12.1 Å². The highest BCUT2D eigenvalue weighted by molar-refractivity contribution is 5.92. The van der Waals surface area contributed by atoms with Crippen molar-refractivity contribution >= 4 is 11.9 Å². The first kappa shape index (κ1) is 19.2. The van der Waals surface area contributed by atoms with Crippen molar-refractivity contribution in [3.63, 3.8) is 0 Å². The Morgan fingerprint density at radius 2 is 1.88 bits per heavy atom. The highest BCUT2D eigenvalue weighted by Crippen LogP contribution is 2.15. The summed E-state index contributed by atoms with van der Waals surface area (Å²) in [6.45, 7) is 9.33. The molecular formula is C18H29N5O2. The van der Waals surface area contributed by atoms with Gasteiger partial charge in [-0.2, -0.15) is 0 Å². The lowest BCUT2D eigenvalue weighted by Crippen LogP contribution is -2.56. The zero-order valence-electron chi connectivity index (χ0n) is 15.3. The van der Waals surface area contributed by atoms with Crippen molar-refractivity contribution in [3.8, 4) is 0 Å². The standard InChI is InChI=1S/C18H29N5O2/c1-18(2,23-8-10-25-11-9-23)13-22-17(20-3)21-12-14-4-6-15(7-5-14)16(19)24/h4-7H,8-13H2,1-3H3,(H2,19,24)(H2,20,21,22). The minimum Gasteiger partial charge on any atom is -0.379 e. The number of nitrogens with zero attached hydrogens (tertiary/aromatic N) is 2. The van der Waals surface area contributed by atoms with Crippen molar-refractivity contribution in [2.75, 3.05) is 39.9 Å². The molecule has 7 heteroatoms. The number of rotatable bonds is 6. The maximum absolute atomic E-state index is 11.1. The van der Waals surface area contributed by atoms with Gasteiger partial charge in [-0.15, -0.1) is 0 Å². The number of aliphatic imine (C=N–C) groups is 1. The Morgan fingerprint density at radius 1 is 1.24 bits per heavy atom. The summed E-state index contributed by atoms with van der Waals surface area (Å²) in [7, 11) is 1.76. The number of ether oxygens (including phenoxy) is 1. The third kappa shape index (κ3) is 5.72. The van der Waals surface area contributed by atoms with Crippen LogP contribution in [0.2, 0.25) is 0 Å². The van der Waals surface area contributed by atoms with Crippen molar-refractivity contribution in [1.82, 2.24) is 15.5 Å². The first-order valence-electron chi connectivity index (χ1n) is 8.58. The lowest BCUT2D eigenvalue weighted by molar-refractivity contribution is -0.00834. The molecule has 0 aromatic heterocycles. The fourth-order valence-corrected chi connectivity index (χ4v) is 2.77. The SMILES string of the molecule is CN=C(NCc1ccc(C(N)=O)cc1)NCC(C)(C)N1CCOCC1. The van der Waals surface area contributed by atoms with E-state index in [9.17, 15) is 4.79 Å². The summed E-state index contributed by atoms with van der Waals surface area (Å²) in [5.41, 5.74) is 6.84. The number of guanidine groups is 1. The average molecular weight is 347 g/mol. The van der Waals surface area contributed by atoms with Crippen LogP contribution in [0.5, 0.6) is 0 Å². The fraction of sp³-hybridized carbons (Fsp3) is 0.556. The van der Waals surface area contributed by atoms with Crippen molar-refractivity contribution in [2.45, 2.75) is 25.9 Å². The van der Waals surface area contributed by atoms with Crippen LogP contribution in [0.1, 0.15) is 29.8 Å². The molecule has 0 radical (unpaired) electrons. The van der Waals surface area contributed by atoms with Gasteiger partial charge in [0.15, 0.2) is 5.96 Å². The van der Waals surface area contributed by atoms with Crippen molar-refractivity contribution in [2.24, 2.45) is 10.7 Å². The number of carbonyl (C=O) groups is 1. The zero-order valence-corrected chi connectivity index (χ0v) is 15.3. The summed E-state index contributed by atoms with van der Waals surface area (Å²) in [5.74, 6) is 0.336. The number of hydrogen-bond acceptors (Lipinski definition) is 4. The minimum atomic E-state index is -0.415. The largest absolute Gasteiger partial charge is 0.379 e. The van der Waals surface area contributed by atoms with Gasteiger partial charge in [0.25, 0.3) is 0 Å². The topological polar surface area (TPSA) is 92.0 Å². The van der Waals surface area contributed by atoms with E-state index >= 15 is 0 Å². The van der Waals surface area contributed by atoms with Gasteiger partial charge in [0, 0.05) is 44.3 Å². The molecule has 0 bridgehead atoms. The van der Waals surface area contributed by atoms with E-state index in [4.69, 9.17) is 10.5 Å². The molecular weight excluding hydrogens is 318 g/mol. The summed E-state index contributed by atoms with van der Waals surface area (Å²) < 4.78 is 5.43. The van der Waals surface area contributed by atoms with Gasteiger partial charge in [-0.05, 0) is 31.5 Å². The Balaban J connectivity index is 1.82. The molecule has 0 spiro atoms. The van der Waals surface area contributed by atoms with Crippen LogP contribution in [0.25, 0.3) is 0 Å². The van der Waals surface area contributed by atoms with E-state index in [1.807, 2.05) is 12.1 Å². The molecule has 0 atom stereocenters. The molecule has 1 saturated heterocycles. The van der Waals surface area contributed by atoms with Crippen LogP contribution in [0.4, 0.5) is 0 Å². The lowest BCUT2D eigenvalue weighted by atomic mass is 10.0. The molecule has 4 N–H and O–H groups in total. The van der Waals surface area contributed by atoms with Crippen LogP contribution >= 0.6 is 0 Å². The van der Waals surface area contributed by atoms with E-state index in [1.165, 1.54) is 0 Å². The lowest BCUT2D eigenvalue weighted by Gasteiger charge is -2.41. The first-order valence-corrected chi connectivity index (χ1v) is 8.58. The van der Waals surface area contributed by atoms with Gasteiger partial charge in [-0.3, -0.25) is 14.7 Å². The number of carbonyl (C=O) groups excluding carboxylic acids is 1. The minimum absolute atomic E-state index is 0.0184. The Morgan fingerprint density at radius 3 is 2.44 bits per heavy atom. The first-order chi connectivity index (χ1) is 11.9. The second-order valence-corrected chi connectivity index (χ2v) is 6.75. The van der Waals surface area contributed by atoms with Gasteiger partial charge >= 0.3 is 0 Å². The summed E-state index contributed by atoms with van der Waals surface area (Å²) in [6.07, 6.45) is 0. The van der Waals surface area contributed by atoms with Crippen molar-refractivity contribution in [1.29, 1.82) is 0 Å². The smallest absolute Gasteiger partial charge is 0.248 e. The predicted octanol–water partition coefficient (Wildman–Crippen LogP) is 0.561. The number of hydrogen-bond donors (Lipinski definition) is 3. The van der Waals surface area contributed by atoms with Crippen LogP contribution < -0.4 is 16.4 Å². The van der Waals surface area contributed by atoms with E-state index in [2.05, 4.69) is 34.4 Å². The number of nitrogens with two attached hydrogens (primary N) is 1. The Kier molecular flexibility index (Phi) is 6.78. The third-order valence-corrected chi connectivity index (χ3v) is 4.48. The van der Waals surface area contributed by atoms with E-state index in [0.29, 0.717) is 12.1 Å². The van der Waals surface area contributed by atoms with Crippen LogP contribution in [0.15, 0.2) is 29.3 Å². The zero-order chi connectivity index (χ0) is 18.3. The maximum atomic E-state index is 11.1. The average Bonchev–Trinajstić information content (AvgIpc) is 2.63. The van der Waals surface area contributed by atoms with Gasteiger partial charge in [0.2, 0.25) is 5.91 Å². The molecule has 0 aliphatic carbocycles. The molecule has 1 aliphatic heterocycles. The Hall–Kier alpha value is -2.12. The van der Waals surface area contributed by atoms with Crippen LogP contribution in [-0.4, -0.2) is 62.2 Å². The number of benzene rings is 1. The molecule has 1 aliphatic rings. The molecule has 1 amide bonds. The molecule has 7 nitrogen and oxygen atoms in total. The van der Waals surface area contributed by atoms with E-state index in [1.54, 1.807) is 19.2 Å². The normalized spacial score (nSPS) is 16.5. The Bertz CT molecular complexity index is 592. The summed E-state index contributed by atoms with van der Waals surface area (Å²) in [6, 6.07) is 7.24. The highest BCUT2D eigenvalue weighted by atomic mass is 16.5. The maximum Gasteiger partial charge on any atom is 0.248 e. The number of nitrogens with one attached hydrogen (secondary N) is 2. The second-order valence-electron chi connectivity index (χ2n) is 6.75. The number of primary amides is 1. The van der Waals surface area contributed by atoms with E-state index in [0.717, 1.165) is 44.4 Å². The van der Waals surface area contributed by atoms with Gasteiger partial charge in [0.05, 0.1) is 13.2 Å². The van der Waals surface area contributed by atoms with Crippen LogP contribution in [0.3, 0.4) is 0 Å². The second kappa shape index (κ2) is 8.82. The predicted molar refractivity (Wildman–Crippen MR) is 99.6 cm³/mol.